The van der Waals surface area contributed by atoms with Crippen molar-refractivity contribution < 1.29 is 9.32 Å². The maximum absolute atomic E-state index is 13.1. The Morgan fingerprint density at radius 1 is 0.967 bits per heavy atom. The van der Waals surface area contributed by atoms with Crippen LogP contribution in [-0.2, 0) is 0 Å². The highest BCUT2D eigenvalue weighted by Gasteiger charge is 2.24. The molecule has 0 unspecified atom stereocenters. The van der Waals surface area contributed by atoms with Crippen molar-refractivity contribution in [2.75, 3.05) is 31.1 Å². The fourth-order valence-corrected chi connectivity index (χ4v) is 3.84. The number of aromatic nitrogens is 3. The average Bonchev–Trinajstić information content (AvgIpc) is 3.25. The van der Waals surface area contributed by atoms with Crippen molar-refractivity contribution in [2.24, 2.45) is 0 Å². The molecule has 150 valence electrons. The van der Waals surface area contributed by atoms with Gasteiger partial charge < -0.3 is 14.3 Å². The first-order valence-corrected chi connectivity index (χ1v) is 9.98. The molecule has 0 bridgehead atoms. The first kappa shape index (κ1) is 18.3. The summed E-state index contributed by atoms with van der Waals surface area (Å²) in [6.45, 7) is 4.57. The van der Waals surface area contributed by atoms with Gasteiger partial charge in [-0.15, -0.1) is 0 Å². The number of anilines is 1. The Labute approximate surface area is 173 Å². The summed E-state index contributed by atoms with van der Waals surface area (Å²) < 4.78 is 5.03. The molecular formula is C23H21N5O2. The Morgan fingerprint density at radius 3 is 2.50 bits per heavy atom. The molecule has 7 heteroatoms. The fraction of sp³-hybridized carbons (Fsp3) is 0.217. The van der Waals surface area contributed by atoms with Crippen molar-refractivity contribution >= 4 is 22.5 Å². The van der Waals surface area contributed by atoms with Crippen molar-refractivity contribution in [3.63, 3.8) is 0 Å². The van der Waals surface area contributed by atoms with Crippen LogP contribution in [0.3, 0.4) is 0 Å². The number of fused-ring (bicyclic) bond motifs is 1. The highest BCUT2D eigenvalue weighted by atomic mass is 16.5. The van der Waals surface area contributed by atoms with E-state index in [9.17, 15) is 4.79 Å². The van der Waals surface area contributed by atoms with Gasteiger partial charge in [-0.3, -0.25) is 4.79 Å². The maximum Gasteiger partial charge on any atom is 0.254 e. The van der Waals surface area contributed by atoms with E-state index < -0.39 is 0 Å². The lowest BCUT2D eigenvalue weighted by atomic mass is 10.0. The molecule has 0 saturated carbocycles. The summed E-state index contributed by atoms with van der Waals surface area (Å²) in [5.74, 6) is 2.04. The highest BCUT2D eigenvalue weighted by molar-refractivity contribution is 6.07. The molecule has 1 saturated heterocycles. The first-order chi connectivity index (χ1) is 14.7. The van der Waals surface area contributed by atoms with Crippen molar-refractivity contribution in [3.8, 4) is 11.4 Å². The van der Waals surface area contributed by atoms with Crippen LogP contribution in [-0.4, -0.2) is 52.1 Å². The SMILES string of the molecule is Cc1nc(-c2ccc(N3CCN(C(=O)c4cccc5ccccc45)CC3)nc2)no1. The second-order valence-corrected chi connectivity index (χ2v) is 7.35. The number of benzene rings is 2. The number of aryl methyl sites for hydroxylation is 1. The van der Waals surface area contributed by atoms with Crippen LogP contribution in [0.25, 0.3) is 22.2 Å². The fourth-order valence-electron chi connectivity index (χ4n) is 3.84. The smallest absolute Gasteiger partial charge is 0.254 e. The molecule has 5 rings (SSSR count). The molecule has 1 aliphatic heterocycles. The van der Waals surface area contributed by atoms with Gasteiger partial charge in [0, 0.05) is 50.4 Å². The molecular weight excluding hydrogens is 378 g/mol. The minimum atomic E-state index is 0.0854. The van der Waals surface area contributed by atoms with E-state index in [-0.39, 0.29) is 5.91 Å². The Hall–Kier alpha value is -3.74. The Morgan fingerprint density at radius 2 is 1.77 bits per heavy atom. The standard InChI is InChI=1S/C23H21N5O2/c1-16-25-22(26-30-16)18-9-10-21(24-15-18)27-11-13-28(14-12-27)23(29)20-8-4-6-17-5-2-3-7-19(17)20/h2-10,15H,11-14H2,1H3. The van der Waals surface area contributed by atoms with Crippen molar-refractivity contribution in [1.29, 1.82) is 0 Å². The van der Waals surface area contributed by atoms with E-state index in [4.69, 9.17) is 4.52 Å². The summed E-state index contributed by atoms with van der Waals surface area (Å²) in [5, 5.41) is 6.01. The molecule has 0 aliphatic carbocycles. The quantitative estimate of drug-likeness (QED) is 0.524. The zero-order valence-electron chi connectivity index (χ0n) is 16.7. The summed E-state index contributed by atoms with van der Waals surface area (Å²) >= 11 is 0. The molecule has 4 aromatic rings. The molecule has 0 N–H and O–H groups in total. The molecule has 3 heterocycles. The lowest BCUT2D eigenvalue weighted by molar-refractivity contribution is 0.0748. The van der Waals surface area contributed by atoms with Crippen molar-refractivity contribution in [1.82, 2.24) is 20.0 Å². The maximum atomic E-state index is 13.1. The number of nitrogens with zero attached hydrogens (tertiary/aromatic N) is 5. The first-order valence-electron chi connectivity index (χ1n) is 9.98. The molecule has 2 aromatic carbocycles. The van der Waals surface area contributed by atoms with Gasteiger partial charge in [-0.05, 0) is 29.0 Å². The van der Waals surface area contributed by atoms with Gasteiger partial charge in [-0.25, -0.2) is 4.98 Å². The zero-order valence-corrected chi connectivity index (χ0v) is 16.7. The van der Waals surface area contributed by atoms with Gasteiger partial charge in [0.25, 0.3) is 5.91 Å². The summed E-state index contributed by atoms with van der Waals surface area (Å²) in [5.41, 5.74) is 1.58. The predicted molar refractivity (Wildman–Crippen MR) is 114 cm³/mol. The van der Waals surface area contributed by atoms with Crippen LogP contribution in [0.4, 0.5) is 5.82 Å². The summed E-state index contributed by atoms with van der Waals surface area (Å²) in [4.78, 5) is 26.0. The van der Waals surface area contributed by atoms with E-state index in [0.29, 0.717) is 24.8 Å². The number of rotatable bonds is 3. The van der Waals surface area contributed by atoms with Gasteiger partial charge in [-0.1, -0.05) is 41.6 Å². The third-order valence-electron chi connectivity index (χ3n) is 5.44. The van der Waals surface area contributed by atoms with Crippen LogP contribution in [0, 0.1) is 6.92 Å². The molecule has 1 fully saturated rings. The van der Waals surface area contributed by atoms with E-state index in [1.165, 1.54) is 0 Å². The topological polar surface area (TPSA) is 75.4 Å². The monoisotopic (exact) mass is 399 g/mol. The third-order valence-corrected chi connectivity index (χ3v) is 5.44. The molecule has 0 spiro atoms. The predicted octanol–water partition coefficient (Wildman–Crippen LogP) is 3.56. The number of hydrogen-bond acceptors (Lipinski definition) is 6. The van der Waals surface area contributed by atoms with Crippen LogP contribution in [0.5, 0.6) is 0 Å². The second kappa shape index (κ2) is 7.59. The van der Waals surface area contributed by atoms with Gasteiger partial charge >= 0.3 is 0 Å². The van der Waals surface area contributed by atoms with E-state index in [1.54, 1.807) is 13.1 Å². The molecule has 0 atom stereocenters. The average molecular weight is 399 g/mol. The zero-order chi connectivity index (χ0) is 20.5. The lowest BCUT2D eigenvalue weighted by Crippen LogP contribution is -2.49. The second-order valence-electron chi connectivity index (χ2n) is 7.35. The van der Waals surface area contributed by atoms with Gasteiger partial charge in [0.15, 0.2) is 0 Å². The van der Waals surface area contributed by atoms with E-state index in [1.807, 2.05) is 59.5 Å². The summed E-state index contributed by atoms with van der Waals surface area (Å²) in [6.07, 6.45) is 1.76. The van der Waals surface area contributed by atoms with Crippen LogP contribution < -0.4 is 4.90 Å². The molecule has 30 heavy (non-hydrogen) atoms. The van der Waals surface area contributed by atoms with Gasteiger partial charge in [-0.2, -0.15) is 4.98 Å². The molecule has 7 nitrogen and oxygen atoms in total. The third kappa shape index (κ3) is 3.39. The number of piperazine rings is 1. The van der Waals surface area contributed by atoms with E-state index in [0.717, 1.165) is 40.8 Å². The van der Waals surface area contributed by atoms with Gasteiger partial charge in [0.1, 0.15) is 5.82 Å². The Bertz CT molecular complexity index is 1190. The number of amides is 1. The minimum absolute atomic E-state index is 0.0854. The molecule has 1 aliphatic rings. The normalized spacial score (nSPS) is 14.3. The largest absolute Gasteiger partial charge is 0.353 e. The molecule has 2 aromatic heterocycles. The van der Waals surface area contributed by atoms with Gasteiger partial charge in [0.2, 0.25) is 11.7 Å². The Balaban J connectivity index is 1.27. The van der Waals surface area contributed by atoms with E-state index in [2.05, 4.69) is 20.0 Å². The molecule has 1 amide bonds. The number of carbonyl (C=O) groups excluding carboxylic acids is 1. The number of pyridine rings is 1. The molecule has 0 radical (unpaired) electrons. The summed E-state index contributed by atoms with van der Waals surface area (Å²) in [7, 11) is 0. The van der Waals surface area contributed by atoms with Crippen molar-refractivity contribution in [3.05, 3.63) is 72.2 Å². The van der Waals surface area contributed by atoms with Crippen LogP contribution in [0.1, 0.15) is 16.2 Å². The highest BCUT2D eigenvalue weighted by Crippen LogP contribution is 2.22. The van der Waals surface area contributed by atoms with E-state index >= 15 is 0 Å². The van der Waals surface area contributed by atoms with Gasteiger partial charge in [0.05, 0.1) is 0 Å². The lowest BCUT2D eigenvalue weighted by Gasteiger charge is -2.35. The number of hydrogen-bond donors (Lipinski definition) is 0. The van der Waals surface area contributed by atoms with Crippen molar-refractivity contribution in [2.45, 2.75) is 6.92 Å². The summed E-state index contributed by atoms with van der Waals surface area (Å²) in [6, 6.07) is 17.8. The Kier molecular flexibility index (Phi) is 4.63. The minimum Gasteiger partial charge on any atom is -0.353 e. The van der Waals surface area contributed by atoms with Crippen LogP contribution in [0.15, 0.2) is 65.3 Å². The van der Waals surface area contributed by atoms with Crippen LogP contribution in [0.2, 0.25) is 0 Å². The number of carbonyl (C=O) groups is 1. The van der Waals surface area contributed by atoms with Crippen LogP contribution >= 0.6 is 0 Å².